The number of rotatable bonds is 6. The Morgan fingerprint density at radius 1 is 1.25 bits per heavy atom. The van der Waals surface area contributed by atoms with E-state index in [0.29, 0.717) is 18.7 Å². The largest absolute Gasteiger partial charge is 0.497 e. The highest BCUT2D eigenvalue weighted by molar-refractivity contribution is 5.79. The SMILES string of the molecule is COc1ccc(CN(C)C(=O)Cc2c(C)nn(C)c2C)c(OC)c1. The average molecular weight is 331 g/mol. The number of hydrogen-bond donors (Lipinski definition) is 0. The van der Waals surface area contributed by atoms with E-state index in [1.807, 2.05) is 43.8 Å². The predicted molar refractivity (Wildman–Crippen MR) is 92.4 cm³/mol. The van der Waals surface area contributed by atoms with Crippen LogP contribution in [-0.2, 0) is 24.8 Å². The molecule has 0 fully saturated rings. The van der Waals surface area contributed by atoms with E-state index in [1.165, 1.54) is 0 Å². The van der Waals surface area contributed by atoms with Gasteiger partial charge in [-0.25, -0.2) is 0 Å². The Labute approximate surface area is 143 Å². The van der Waals surface area contributed by atoms with Crippen molar-refractivity contribution in [1.82, 2.24) is 14.7 Å². The lowest BCUT2D eigenvalue weighted by Crippen LogP contribution is -2.28. The van der Waals surface area contributed by atoms with Crippen LogP contribution < -0.4 is 9.47 Å². The topological polar surface area (TPSA) is 56.6 Å². The third-order valence-corrected chi connectivity index (χ3v) is 4.31. The third-order valence-electron chi connectivity index (χ3n) is 4.31. The van der Waals surface area contributed by atoms with Gasteiger partial charge in [0.1, 0.15) is 11.5 Å². The molecule has 0 radical (unpaired) electrons. The second kappa shape index (κ2) is 7.38. The van der Waals surface area contributed by atoms with Gasteiger partial charge in [0.05, 0.1) is 26.3 Å². The molecule has 0 spiro atoms. The molecule has 6 heteroatoms. The molecule has 2 rings (SSSR count). The molecule has 1 aromatic heterocycles. The maximum absolute atomic E-state index is 12.6. The number of ether oxygens (including phenoxy) is 2. The zero-order valence-corrected chi connectivity index (χ0v) is 15.2. The summed E-state index contributed by atoms with van der Waals surface area (Å²) < 4.78 is 12.4. The van der Waals surface area contributed by atoms with Crippen LogP contribution in [0.25, 0.3) is 0 Å². The zero-order chi connectivity index (χ0) is 17.9. The number of carbonyl (C=O) groups excluding carboxylic acids is 1. The number of aromatic nitrogens is 2. The highest BCUT2D eigenvalue weighted by Crippen LogP contribution is 2.25. The summed E-state index contributed by atoms with van der Waals surface area (Å²) in [6.07, 6.45) is 0.348. The van der Waals surface area contributed by atoms with Crippen molar-refractivity contribution >= 4 is 5.91 Å². The summed E-state index contributed by atoms with van der Waals surface area (Å²) in [4.78, 5) is 14.3. The molecule has 130 valence electrons. The van der Waals surface area contributed by atoms with Gasteiger partial charge >= 0.3 is 0 Å². The quantitative estimate of drug-likeness (QED) is 0.815. The smallest absolute Gasteiger partial charge is 0.227 e. The summed E-state index contributed by atoms with van der Waals surface area (Å²) in [5.41, 5.74) is 3.86. The molecule has 0 N–H and O–H groups in total. The van der Waals surface area contributed by atoms with Crippen LogP contribution in [0.3, 0.4) is 0 Å². The van der Waals surface area contributed by atoms with Gasteiger partial charge in [-0.05, 0) is 26.0 Å². The summed E-state index contributed by atoms with van der Waals surface area (Å²) in [5.74, 6) is 1.49. The number of amides is 1. The number of methoxy groups -OCH3 is 2. The number of nitrogens with zero attached hydrogens (tertiary/aromatic N) is 3. The van der Waals surface area contributed by atoms with E-state index >= 15 is 0 Å². The average Bonchev–Trinajstić information content (AvgIpc) is 2.81. The van der Waals surface area contributed by atoms with E-state index in [4.69, 9.17) is 9.47 Å². The van der Waals surface area contributed by atoms with Gasteiger partial charge in [-0.15, -0.1) is 0 Å². The number of aryl methyl sites for hydroxylation is 2. The van der Waals surface area contributed by atoms with Crippen molar-refractivity contribution in [1.29, 1.82) is 0 Å². The molecule has 24 heavy (non-hydrogen) atoms. The van der Waals surface area contributed by atoms with Gasteiger partial charge in [-0.2, -0.15) is 5.10 Å². The van der Waals surface area contributed by atoms with Crippen LogP contribution in [0.5, 0.6) is 11.5 Å². The Kier molecular flexibility index (Phi) is 5.49. The Hall–Kier alpha value is -2.50. The molecule has 1 amide bonds. The van der Waals surface area contributed by atoms with Crippen LogP contribution in [0, 0.1) is 13.8 Å². The van der Waals surface area contributed by atoms with Gasteiger partial charge in [0.15, 0.2) is 0 Å². The Balaban J connectivity index is 2.12. The number of hydrogen-bond acceptors (Lipinski definition) is 4. The van der Waals surface area contributed by atoms with E-state index in [2.05, 4.69) is 5.10 Å². The van der Waals surface area contributed by atoms with E-state index in [0.717, 1.165) is 28.3 Å². The van der Waals surface area contributed by atoms with Crippen LogP contribution in [-0.4, -0.2) is 41.9 Å². The van der Waals surface area contributed by atoms with E-state index in [1.54, 1.807) is 26.2 Å². The molecule has 0 saturated heterocycles. The number of benzene rings is 1. The van der Waals surface area contributed by atoms with Crippen molar-refractivity contribution in [2.45, 2.75) is 26.8 Å². The standard InChI is InChI=1S/C18H25N3O3/c1-12-16(13(2)21(4)19-12)10-18(22)20(3)11-14-7-8-15(23-5)9-17(14)24-6/h7-9H,10-11H2,1-6H3. The van der Waals surface area contributed by atoms with E-state index in [-0.39, 0.29) is 5.91 Å². The van der Waals surface area contributed by atoms with Crippen molar-refractivity contribution in [2.24, 2.45) is 7.05 Å². The fourth-order valence-corrected chi connectivity index (χ4v) is 2.69. The first-order valence-electron chi connectivity index (χ1n) is 7.81. The molecule has 1 aromatic carbocycles. The van der Waals surface area contributed by atoms with Gasteiger partial charge in [-0.1, -0.05) is 0 Å². The van der Waals surface area contributed by atoms with Crippen LogP contribution in [0.2, 0.25) is 0 Å². The predicted octanol–water partition coefficient (Wildman–Crippen LogP) is 2.26. The molecule has 0 saturated carbocycles. The summed E-state index contributed by atoms with van der Waals surface area (Å²) in [5, 5.41) is 4.37. The molecule has 0 aliphatic rings. The van der Waals surface area contributed by atoms with E-state index < -0.39 is 0 Å². The molecule has 0 aliphatic heterocycles. The lowest BCUT2D eigenvalue weighted by Gasteiger charge is -2.19. The first-order valence-corrected chi connectivity index (χ1v) is 7.81. The first-order chi connectivity index (χ1) is 11.4. The normalized spacial score (nSPS) is 10.6. The summed E-state index contributed by atoms with van der Waals surface area (Å²) in [7, 11) is 6.92. The zero-order valence-electron chi connectivity index (χ0n) is 15.2. The fraction of sp³-hybridized carbons (Fsp3) is 0.444. The van der Waals surface area contributed by atoms with Gasteiger partial charge < -0.3 is 14.4 Å². The summed E-state index contributed by atoms with van der Waals surface area (Å²) in [6.45, 7) is 4.39. The van der Waals surface area contributed by atoms with Gasteiger partial charge in [0.25, 0.3) is 0 Å². The fourth-order valence-electron chi connectivity index (χ4n) is 2.69. The summed E-state index contributed by atoms with van der Waals surface area (Å²) >= 11 is 0. The molecular weight excluding hydrogens is 306 g/mol. The second-order valence-electron chi connectivity index (χ2n) is 5.88. The van der Waals surface area contributed by atoms with Crippen LogP contribution in [0.15, 0.2) is 18.2 Å². The minimum Gasteiger partial charge on any atom is -0.497 e. The minimum absolute atomic E-state index is 0.0482. The van der Waals surface area contributed by atoms with Crippen LogP contribution in [0.1, 0.15) is 22.5 Å². The number of carbonyl (C=O) groups is 1. The summed E-state index contributed by atoms with van der Waals surface area (Å²) in [6, 6.07) is 5.61. The van der Waals surface area contributed by atoms with Crippen molar-refractivity contribution in [3.63, 3.8) is 0 Å². The Morgan fingerprint density at radius 3 is 2.50 bits per heavy atom. The van der Waals surface area contributed by atoms with Gasteiger partial charge in [0, 0.05) is 43.5 Å². The monoisotopic (exact) mass is 331 g/mol. The van der Waals surface area contributed by atoms with Gasteiger partial charge in [-0.3, -0.25) is 9.48 Å². The highest BCUT2D eigenvalue weighted by Gasteiger charge is 2.17. The first kappa shape index (κ1) is 17.8. The van der Waals surface area contributed by atoms with Crippen LogP contribution in [0.4, 0.5) is 0 Å². The molecule has 0 bridgehead atoms. The second-order valence-corrected chi connectivity index (χ2v) is 5.88. The molecule has 0 unspecified atom stereocenters. The lowest BCUT2D eigenvalue weighted by molar-refractivity contribution is -0.129. The molecule has 2 aromatic rings. The Morgan fingerprint density at radius 2 is 1.96 bits per heavy atom. The van der Waals surface area contributed by atoms with Gasteiger partial charge in [0.2, 0.25) is 5.91 Å². The van der Waals surface area contributed by atoms with Crippen molar-refractivity contribution < 1.29 is 14.3 Å². The minimum atomic E-state index is 0.0482. The molecule has 0 atom stereocenters. The maximum Gasteiger partial charge on any atom is 0.227 e. The molecule has 1 heterocycles. The Bertz CT molecular complexity index is 737. The van der Waals surface area contributed by atoms with Crippen molar-refractivity contribution in [3.8, 4) is 11.5 Å². The molecular formula is C18H25N3O3. The number of likely N-dealkylation sites (N-methyl/N-ethyl adjacent to an activating group) is 1. The highest BCUT2D eigenvalue weighted by atomic mass is 16.5. The van der Waals surface area contributed by atoms with Crippen molar-refractivity contribution in [2.75, 3.05) is 21.3 Å². The third kappa shape index (κ3) is 3.69. The van der Waals surface area contributed by atoms with Crippen molar-refractivity contribution in [3.05, 3.63) is 40.7 Å². The maximum atomic E-state index is 12.6. The molecule has 0 aliphatic carbocycles. The van der Waals surface area contributed by atoms with E-state index in [9.17, 15) is 4.79 Å². The lowest BCUT2D eigenvalue weighted by atomic mass is 10.1. The molecule has 6 nitrogen and oxygen atoms in total. The van der Waals surface area contributed by atoms with Crippen LogP contribution >= 0.6 is 0 Å².